The number of ether oxygens (including phenoxy) is 2. The van der Waals surface area contributed by atoms with Crippen LogP contribution in [0.25, 0.3) is 22.4 Å². The fourth-order valence-corrected chi connectivity index (χ4v) is 4.03. The summed E-state index contributed by atoms with van der Waals surface area (Å²) in [5, 5.41) is 18.2. The summed E-state index contributed by atoms with van der Waals surface area (Å²) in [5.74, 6) is 0.349. The molecule has 1 heterocycles. The fraction of sp³-hybridized carbons (Fsp3) is 0.211. The van der Waals surface area contributed by atoms with Crippen molar-refractivity contribution in [1.82, 2.24) is 9.97 Å². The van der Waals surface area contributed by atoms with Gasteiger partial charge in [0, 0.05) is 5.56 Å². The molecule has 0 radical (unpaired) electrons. The first kappa shape index (κ1) is 21.1. The minimum Gasteiger partial charge on any atom is -0.506 e. The number of nitrogens with zero attached hydrogens (tertiary/aromatic N) is 1. The first-order chi connectivity index (χ1) is 13.8. The second kappa shape index (κ2) is 8.83. The molecule has 0 unspecified atom stereocenters. The van der Waals surface area contributed by atoms with Crippen molar-refractivity contribution in [1.29, 1.82) is 5.41 Å². The zero-order chi connectivity index (χ0) is 21.1. The van der Waals surface area contributed by atoms with E-state index in [1.807, 2.05) is 0 Å². The Morgan fingerprint density at radius 1 is 1.34 bits per heavy atom. The first-order valence-electron chi connectivity index (χ1n) is 8.65. The summed E-state index contributed by atoms with van der Waals surface area (Å²) in [7, 11) is 0. The SMILES string of the molecule is CCOC(=O)CCOc1c(Br)cc(-c2nc3ccc(C(=N)N)cc3[nH]2)c(O)c1Br. The number of nitrogen functional groups attached to an aromatic ring is 1. The Morgan fingerprint density at radius 2 is 2.10 bits per heavy atom. The maximum atomic E-state index is 11.5. The molecule has 0 saturated heterocycles. The molecule has 0 aliphatic rings. The number of nitrogens with two attached hydrogens (primary N) is 1. The van der Waals surface area contributed by atoms with E-state index in [0.29, 0.717) is 49.3 Å². The number of halogens is 2. The molecule has 29 heavy (non-hydrogen) atoms. The van der Waals surface area contributed by atoms with E-state index >= 15 is 0 Å². The molecule has 0 bridgehead atoms. The number of esters is 1. The average Bonchev–Trinajstić information content (AvgIpc) is 3.10. The molecule has 0 aliphatic carbocycles. The van der Waals surface area contributed by atoms with Gasteiger partial charge in [-0.15, -0.1) is 0 Å². The van der Waals surface area contributed by atoms with Gasteiger partial charge in [0.15, 0.2) is 5.75 Å². The molecule has 1 aromatic heterocycles. The van der Waals surface area contributed by atoms with Gasteiger partial charge in [-0.25, -0.2) is 4.98 Å². The summed E-state index contributed by atoms with van der Waals surface area (Å²) in [4.78, 5) is 19.1. The molecule has 0 aliphatic heterocycles. The molecular formula is C19H18Br2N4O4. The lowest BCUT2D eigenvalue weighted by Crippen LogP contribution is -2.10. The van der Waals surface area contributed by atoms with Crippen LogP contribution in [-0.4, -0.2) is 40.1 Å². The number of aromatic amines is 1. The molecule has 0 amide bonds. The Labute approximate surface area is 183 Å². The molecule has 0 atom stereocenters. The summed E-state index contributed by atoms with van der Waals surface area (Å²) in [6.45, 7) is 2.15. The highest BCUT2D eigenvalue weighted by atomic mass is 79.9. The van der Waals surface area contributed by atoms with Crippen LogP contribution >= 0.6 is 31.9 Å². The van der Waals surface area contributed by atoms with E-state index in [1.165, 1.54) is 0 Å². The molecule has 10 heteroatoms. The highest BCUT2D eigenvalue weighted by Gasteiger charge is 2.20. The van der Waals surface area contributed by atoms with Crippen molar-refractivity contribution in [3.05, 3.63) is 38.8 Å². The molecule has 8 nitrogen and oxygen atoms in total. The van der Waals surface area contributed by atoms with Crippen LogP contribution in [0, 0.1) is 5.41 Å². The van der Waals surface area contributed by atoms with Crippen molar-refractivity contribution >= 4 is 54.7 Å². The molecule has 0 saturated carbocycles. The average molecular weight is 526 g/mol. The third-order valence-electron chi connectivity index (χ3n) is 4.06. The van der Waals surface area contributed by atoms with Crippen molar-refractivity contribution in [2.75, 3.05) is 13.2 Å². The lowest BCUT2D eigenvalue weighted by molar-refractivity contribution is -0.143. The second-order valence-electron chi connectivity index (χ2n) is 6.03. The van der Waals surface area contributed by atoms with Gasteiger partial charge >= 0.3 is 5.97 Å². The number of H-pyrrole nitrogens is 1. The molecule has 3 rings (SSSR count). The number of hydrogen-bond acceptors (Lipinski definition) is 6. The number of phenolic OH excluding ortho intramolecular Hbond substituents is 1. The number of aromatic nitrogens is 2. The summed E-state index contributed by atoms with van der Waals surface area (Å²) in [5.41, 5.74) is 7.91. The van der Waals surface area contributed by atoms with Crippen molar-refractivity contribution < 1.29 is 19.4 Å². The molecule has 152 valence electrons. The maximum Gasteiger partial charge on any atom is 0.309 e. The van der Waals surface area contributed by atoms with E-state index in [1.54, 1.807) is 31.2 Å². The topological polar surface area (TPSA) is 134 Å². The summed E-state index contributed by atoms with van der Waals surface area (Å²) >= 11 is 6.78. The van der Waals surface area contributed by atoms with Crippen LogP contribution < -0.4 is 10.5 Å². The van der Waals surface area contributed by atoms with Gasteiger partial charge in [-0.05, 0) is 63.0 Å². The van der Waals surface area contributed by atoms with Gasteiger partial charge in [-0.3, -0.25) is 10.2 Å². The number of nitrogens with one attached hydrogen (secondary N) is 2. The van der Waals surface area contributed by atoms with Crippen molar-refractivity contribution in [2.45, 2.75) is 13.3 Å². The smallest absolute Gasteiger partial charge is 0.309 e. The van der Waals surface area contributed by atoms with Gasteiger partial charge in [0.25, 0.3) is 0 Å². The molecule has 0 spiro atoms. The van der Waals surface area contributed by atoms with E-state index in [2.05, 4.69) is 41.8 Å². The van der Waals surface area contributed by atoms with Crippen LogP contribution in [0.1, 0.15) is 18.9 Å². The molecule has 0 fully saturated rings. The van der Waals surface area contributed by atoms with Crippen LogP contribution in [0.2, 0.25) is 0 Å². The lowest BCUT2D eigenvalue weighted by atomic mass is 10.2. The van der Waals surface area contributed by atoms with Crippen molar-refractivity contribution in [3.63, 3.8) is 0 Å². The van der Waals surface area contributed by atoms with E-state index in [-0.39, 0.29) is 30.6 Å². The highest BCUT2D eigenvalue weighted by Crippen LogP contribution is 2.45. The quantitative estimate of drug-likeness (QED) is 0.208. The van der Waals surface area contributed by atoms with Crippen molar-refractivity contribution in [3.8, 4) is 22.9 Å². The largest absolute Gasteiger partial charge is 0.506 e. The van der Waals surface area contributed by atoms with Crippen molar-refractivity contribution in [2.24, 2.45) is 5.73 Å². The Bertz CT molecular complexity index is 1100. The standard InChI is InChI=1S/C19H18Br2N4O4/c1-2-28-14(26)5-6-29-17-11(20)8-10(16(27)15(17)21)19-24-12-4-3-9(18(22)23)7-13(12)25-19/h3-4,7-8,27H,2,5-6H2,1H3,(H3,22,23)(H,24,25). The minimum atomic E-state index is -0.354. The predicted molar refractivity (Wildman–Crippen MR) is 116 cm³/mol. The number of aromatic hydroxyl groups is 1. The number of benzene rings is 2. The summed E-state index contributed by atoms with van der Waals surface area (Å²) in [6.07, 6.45) is 0.0945. The number of rotatable bonds is 7. The monoisotopic (exact) mass is 524 g/mol. The number of amidine groups is 1. The Hall–Kier alpha value is -2.59. The third-order valence-corrected chi connectivity index (χ3v) is 5.38. The van der Waals surface area contributed by atoms with Gasteiger partial charge in [0.05, 0.1) is 40.7 Å². The highest BCUT2D eigenvalue weighted by molar-refractivity contribution is 9.11. The summed E-state index contributed by atoms with van der Waals surface area (Å²) < 4.78 is 11.4. The third kappa shape index (κ3) is 4.54. The number of fused-ring (bicyclic) bond motifs is 1. The first-order valence-corrected chi connectivity index (χ1v) is 10.2. The predicted octanol–water partition coefficient (Wildman–Crippen LogP) is 4.08. The maximum absolute atomic E-state index is 11.5. The Kier molecular flexibility index (Phi) is 6.43. The Balaban J connectivity index is 1.90. The normalized spacial score (nSPS) is 10.9. The number of hydrogen-bond donors (Lipinski definition) is 4. The molecule has 5 N–H and O–H groups in total. The van der Waals surface area contributed by atoms with Gasteiger partial charge in [0.1, 0.15) is 21.9 Å². The number of phenols is 1. The zero-order valence-corrected chi connectivity index (χ0v) is 18.6. The van der Waals surface area contributed by atoms with Crippen LogP contribution in [0.4, 0.5) is 0 Å². The van der Waals surface area contributed by atoms with Gasteiger partial charge in [-0.1, -0.05) is 0 Å². The molecule has 3 aromatic rings. The van der Waals surface area contributed by atoms with E-state index in [4.69, 9.17) is 20.6 Å². The van der Waals surface area contributed by atoms with E-state index in [9.17, 15) is 9.90 Å². The van der Waals surface area contributed by atoms with E-state index in [0.717, 1.165) is 0 Å². The molecular weight excluding hydrogens is 508 g/mol. The second-order valence-corrected chi connectivity index (χ2v) is 7.68. The van der Waals surface area contributed by atoms with Crippen LogP contribution in [-0.2, 0) is 9.53 Å². The van der Waals surface area contributed by atoms with Gasteiger partial charge < -0.3 is 25.3 Å². The van der Waals surface area contributed by atoms with E-state index < -0.39 is 0 Å². The number of carbonyl (C=O) groups excluding carboxylic acids is 1. The van der Waals surface area contributed by atoms with Crippen LogP contribution in [0.3, 0.4) is 0 Å². The van der Waals surface area contributed by atoms with Gasteiger partial charge in [0.2, 0.25) is 0 Å². The van der Waals surface area contributed by atoms with Crippen LogP contribution in [0.15, 0.2) is 33.2 Å². The minimum absolute atomic E-state index is 0.0410. The number of imidazole rings is 1. The number of carbonyl (C=O) groups is 1. The Morgan fingerprint density at radius 3 is 2.79 bits per heavy atom. The lowest BCUT2D eigenvalue weighted by Gasteiger charge is -2.13. The van der Waals surface area contributed by atoms with Crippen LogP contribution in [0.5, 0.6) is 11.5 Å². The zero-order valence-electron chi connectivity index (χ0n) is 15.4. The summed E-state index contributed by atoms with van der Waals surface area (Å²) in [6, 6.07) is 6.85. The van der Waals surface area contributed by atoms with Gasteiger partial charge in [-0.2, -0.15) is 0 Å². The molecule has 2 aromatic carbocycles. The fourth-order valence-electron chi connectivity index (χ4n) is 2.68.